The number of aromatic nitrogens is 1. The van der Waals surface area contributed by atoms with Crippen molar-refractivity contribution in [2.24, 2.45) is 0 Å². The van der Waals surface area contributed by atoms with Crippen LogP contribution < -0.4 is 10.4 Å². The van der Waals surface area contributed by atoms with Crippen molar-refractivity contribution in [2.75, 3.05) is 5.32 Å². The van der Waals surface area contributed by atoms with Crippen LogP contribution in [0.15, 0.2) is 41.1 Å². The molecular weight excluding hydrogens is 308 g/mol. The zero-order valence-electron chi connectivity index (χ0n) is 10.6. The highest BCUT2D eigenvalue weighted by atomic mass is 32.1. The molecule has 3 rings (SSSR count). The van der Waals surface area contributed by atoms with Gasteiger partial charge in [-0.1, -0.05) is 17.9 Å². The lowest BCUT2D eigenvalue weighted by molar-refractivity contribution is -0.268. The first kappa shape index (κ1) is 13.6. The second-order valence-corrected chi connectivity index (χ2v) is 5.96. The van der Waals surface area contributed by atoms with Gasteiger partial charge in [-0.15, -0.1) is 22.7 Å². The smallest absolute Gasteiger partial charge is 0.335 e. The Morgan fingerprint density at radius 3 is 2.86 bits per heavy atom. The van der Waals surface area contributed by atoms with Gasteiger partial charge >= 0.3 is 5.97 Å². The van der Waals surface area contributed by atoms with Crippen molar-refractivity contribution in [3.63, 3.8) is 0 Å². The van der Waals surface area contributed by atoms with E-state index in [0.717, 1.165) is 10.6 Å². The third kappa shape index (κ3) is 2.88. The molecule has 106 valence electrons. The molecule has 0 radical (unpaired) electrons. The Morgan fingerprint density at radius 2 is 2.14 bits per heavy atom. The van der Waals surface area contributed by atoms with E-state index in [2.05, 4.69) is 10.3 Å². The molecular formula is C14H9N2O3S2-. The van der Waals surface area contributed by atoms with E-state index in [-0.39, 0.29) is 5.56 Å². The summed E-state index contributed by atoms with van der Waals surface area (Å²) >= 11 is 3.02. The van der Waals surface area contributed by atoms with E-state index in [4.69, 9.17) is 5.11 Å². The third-order valence-corrected chi connectivity index (χ3v) is 4.39. The first-order valence-electron chi connectivity index (χ1n) is 5.94. The number of anilines is 2. The number of aromatic carboxylic acids is 1. The second-order valence-electron chi connectivity index (χ2n) is 4.16. The summed E-state index contributed by atoms with van der Waals surface area (Å²) in [5, 5.41) is 27.9. The van der Waals surface area contributed by atoms with Gasteiger partial charge in [0.1, 0.15) is 0 Å². The standard InChI is InChI=1S/C14H10N2O3S2/c17-11-4-3-8(6-9(11)13(18)19)15-14-16-10(7-21-14)12-2-1-5-20-12/h1-7,17H,(H,15,16)(H,18,19)/p-1. The second kappa shape index (κ2) is 5.55. The Kier molecular flexibility index (Phi) is 3.59. The molecule has 2 N–H and O–H groups in total. The summed E-state index contributed by atoms with van der Waals surface area (Å²) in [6.45, 7) is 0. The molecule has 0 amide bonds. The van der Waals surface area contributed by atoms with E-state index < -0.39 is 11.7 Å². The van der Waals surface area contributed by atoms with Crippen molar-refractivity contribution in [1.82, 2.24) is 4.98 Å². The number of hydrogen-bond acceptors (Lipinski definition) is 6. The molecule has 0 saturated carbocycles. The number of nitrogens with zero attached hydrogens (tertiary/aromatic N) is 1. The van der Waals surface area contributed by atoms with Gasteiger partial charge in [-0.25, -0.2) is 9.78 Å². The number of thiazole rings is 1. The maximum Gasteiger partial charge on any atom is 0.335 e. The van der Waals surface area contributed by atoms with Crippen LogP contribution in [0, 0.1) is 0 Å². The minimum Gasteiger partial charge on any atom is -0.872 e. The highest BCUT2D eigenvalue weighted by Gasteiger charge is 2.08. The van der Waals surface area contributed by atoms with Crippen molar-refractivity contribution in [3.05, 3.63) is 46.7 Å². The molecule has 0 saturated heterocycles. The van der Waals surface area contributed by atoms with Crippen LogP contribution in [0.2, 0.25) is 0 Å². The van der Waals surface area contributed by atoms with Crippen LogP contribution in [-0.2, 0) is 0 Å². The summed E-state index contributed by atoms with van der Waals surface area (Å²) in [5.41, 5.74) is 1.14. The number of carbonyl (C=O) groups is 1. The zero-order chi connectivity index (χ0) is 14.8. The number of thiophene rings is 1. The van der Waals surface area contributed by atoms with Crippen LogP contribution >= 0.6 is 22.7 Å². The number of hydrogen-bond donors (Lipinski definition) is 2. The van der Waals surface area contributed by atoms with Gasteiger partial charge in [-0.05, 0) is 23.6 Å². The molecule has 2 heterocycles. The summed E-state index contributed by atoms with van der Waals surface area (Å²) in [6.07, 6.45) is 0. The minimum absolute atomic E-state index is 0.255. The molecule has 0 spiro atoms. The van der Waals surface area contributed by atoms with Gasteiger partial charge in [0, 0.05) is 11.1 Å². The van der Waals surface area contributed by atoms with Gasteiger partial charge in [0.15, 0.2) is 5.13 Å². The fourth-order valence-electron chi connectivity index (χ4n) is 1.77. The Labute approximate surface area is 128 Å². The first-order valence-corrected chi connectivity index (χ1v) is 7.70. The summed E-state index contributed by atoms with van der Waals surface area (Å²) in [7, 11) is 0. The van der Waals surface area contributed by atoms with E-state index in [1.54, 1.807) is 17.4 Å². The molecule has 1 aromatic carbocycles. The van der Waals surface area contributed by atoms with Crippen LogP contribution in [0.1, 0.15) is 10.4 Å². The Morgan fingerprint density at radius 1 is 1.29 bits per heavy atom. The fraction of sp³-hybridized carbons (Fsp3) is 0. The lowest BCUT2D eigenvalue weighted by Gasteiger charge is -2.11. The average Bonchev–Trinajstić information content (AvgIpc) is 3.11. The Bertz CT molecular complexity index is 781. The van der Waals surface area contributed by atoms with Gasteiger partial charge in [0.2, 0.25) is 0 Å². The highest BCUT2D eigenvalue weighted by molar-refractivity contribution is 7.16. The number of carboxylic acids is 1. The van der Waals surface area contributed by atoms with Crippen LogP contribution in [0.25, 0.3) is 10.6 Å². The van der Waals surface area contributed by atoms with E-state index in [1.165, 1.54) is 23.5 Å². The predicted molar refractivity (Wildman–Crippen MR) is 81.6 cm³/mol. The molecule has 0 atom stereocenters. The van der Waals surface area contributed by atoms with Crippen molar-refractivity contribution < 1.29 is 15.0 Å². The SMILES string of the molecule is O=C(O)c1cc(Nc2nc(-c3cccs3)cs2)ccc1[O-]. The number of nitrogens with one attached hydrogen (secondary N) is 1. The molecule has 0 aliphatic rings. The fourth-order valence-corrected chi connectivity index (χ4v) is 3.26. The third-order valence-electron chi connectivity index (χ3n) is 2.74. The lowest BCUT2D eigenvalue weighted by atomic mass is 10.2. The molecule has 7 heteroatoms. The zero-order valence-corrected chi connectivity index (χ0v) is 12.2. The van der Waals surface area contributed by atoms with E-state index in [0.29, 0.717) is 10.8 Å². The maximum atomic E-state index is 11.4. The predicted octanol–water partition coefficient (Wildman–Crippen LogP) is 3.39. The largest absolute Gasteiger partial charge is 0.872 e. The molecule has 3 aromatic rings. The van der Waals surface area contributed by atoms with Crippen LogP contribution in [0.4, 0.5) is 10.8 Å². The van der Waals surface area contributed by atoms with Gasteiger partial charge in [0.05, 0.1) is 16.1 Å². The van der Waals surface area contributed by atoms with E-state index in [9.17, 15) is 9.90 Å². The summed E-state index contributed by atoms with van der Waals surface area (Å²) in [5.74, 6) is -1.74. The van der Waals surface area contributed by atoms with Crippen LogP contribution in [-0.4, -0.2) is 16.1 Å². The number of benzene rings is 1. The van der Waals surface area contributed by atoms with E-state index in [1.807, 2.05) is 22.9 Å². The van der Waals surface area contributed by atoms with Gasteiger partial charge in [0.25, 0.3) is 0 Å². The first-order chi connectivity index (χ1) is 10.1. The monoisotopic (exact) mass is 317 g/mol. The number of rotatable bonds is 4. The van der Waals surface area contributed by atoms with Gasteiger partial charge in [-0.3, -0.25) is 0 Å². The molecule has 21 heavy (non-hydrogen) atoms. The maximum absolute atomic E-state index is 11.4. The molecule has 0 aliphatic carbocycles. The van der Waals surface area contributed by atoms with Crippen molar-refractivity contribution in [1.29, 1.82) is 0 Å². The molecule has 0 aliphatic heterocycles. The van der Waals surface area contributed by atoms with Crippen LogP contribution in [0.5, 0.6) is 5.75 Å². The number of carboxylic acid groups (broad SMARTS) is 1. The normalized spacial score (nSPS) is 10.5. The lowest BCUT2D eigenvalue weighted by Crippen LogP contribution is -2.04. The topological polar surface area (TPSA) is 85.3 Å². The van der Waals surface area contributed by atoms with Gasteiger partial charge in [-0.2, -0.15) is 0 Å². The van der Waals surface area contributed by atoms with Crippen molar-refractivity contribution >= 4 is 39.5 Å². The molecule has 5 nitrogen and oxygen atoms in total. The quantitative estimate of drug-likeness (QED) is 0.770. The van der Waals surface area contributed by atoms with Crippen molar-refractivity contribution in [2.45, 2.75) is 0 Å². The molecule has 0 bridgehead atoms. The molecule has 2 aromatic heterocycles. The molecule has 0 unspecified atom stereocenters. The average molecular weight is 317 g/mol. The summed E-state index contributed by atoms with van der Waals surface area (Å²) in [4.78, 5) is 16.5. The molecule has 0 fully saturated rings. The summed E-state index contributed by atoms with van der Waals surface area (Å²) in [6, 6.07) is 8.04. The van der Waals surface area contributed by atoms with E-state index >= 15 is 0 Å². The minimum atomic E-state index is -1.23. The van der Waals surface area contributed by atoms with Gasteiger partial charge < -0.3 is 15.5 Å². The Balaban J connectivity index is 1.84. The summed E-state index contributed by atoms with van der Waals surface area (Å²) < 4.78 is 0. The van der Waals surface area contributed by atoms with Crippen LogP contribution in [0.3, 0.4) is 0 Å². The van der Waals surface area contributed by atoms with Crippen molar-refractivity contribution in [3.8, 4) is 16.3 Å². The Hall–Kier alpha value is -2.38. The highest BCUT2D eigenvalue weighted by Crippen LogP contribution is 2.30.